The maximum absolute atomic E-state index is 12.7. The molecule has 1 fully saturated rings. The normalized spacial score (nSPS) is 26.9. The summed E-state index contributed by atoms with van der Waals surface area (Å²) in [4.78, 5) is 17.6. The average Bonchev–Trinajstić information content (AvgIpc) is 2.82. The molecule has 2 aliphatic rings. The molecular formula is C20H23NO2. The van der Waals surface area contributed by atoms with Crippen molar-refractivity contribution in [3.8, 4) is 0 Å². The first kappa shape index (κ1) is 14.7. The lowest BCUT2D eigenvalue weighted by molar-refractivity contribution is -0.156. The van der Waals surface area contributed by atoms with E-state index in [1.807, 2.05) is 6.07 Å². The van der Waals surface area contributed by atoms with Crippen molar-refractivity contribution in [2.24, 2.45) is 5.41 Å². The zero-order valence-corrected chi connectivity index (χ0v) is 13.7. The summed E-state index contributed by atoms with van der Waals surface area (Å²) in [7, 11) is 1.53. The van der Waals surface area contributed by atoms with Gasteiger partial charge in [0.2, 0.25) is 0 Å². The first-order valence-electron chi connectivity index (χ1n) is 8.71. The molecule has 120 valence electrons. The van der Waals surface area contributed by atoms with Gasteiger partial charge in [-0.05, 0) is 43.4 Å². The van der Waals surface area contributed by atoms with Crippen molar-refractivity contribution in [2.45, 2.75) is 50.9 Å². The molecule has 3 heteroatoms. The fourth-order valence-electron chi connectivity index (χ4n) is 4.73. The van der Waals surface area contributed by atoms with Gasteiger partial charge in [-0.25, -0.2) is 0 Å². The van der Waals surface area contributed by atoms with Crippen molar-refractivity contribution in [3.63, 3.8) is 0 Å². The fourth-order valence-corrected chi connectivity index (χ4v) is 4.73. The first-order chi connectivity index (χ1) is 11.2. The number of hydrogen-bond acceptors (Lipinski definition) is 3. The van der Waals surface area contributed by atoms with Gasteiger partial charge >= 0.3 is 5.97 Å². The number of para-hydroxylation sites is 1. The van der Waals surface area contributed by atoms with Gasteiger partial charge in [-0.3, -0.25) is 9.78 Å². The van der Waals surface area contributed by atoms with Gasteiger partial charge < -0.3 is 4.74 Å². The summed E-state index contributed by atoms with van der Waals surface area (Å²) in [5.41, 5.74) is 3.21. The van der Waals surface area contributed by atoms with Gasteiger partial charge in [0, 0.05) is 17.0 Å². The number of carbonyl (C=O) groups excluding carboxylic acids is 1. The van der Waals surface area contributed by atoms with E-state index in [-0.39, 0.29) is 17.3 Å². The predicted octanol–water partition coefficient (Wildman–Crippen LogP) is 4.39. The van der Waals surface area contributed by atoms with Crippen LogP contribution in [0, 0.1) is 5.41 Å². The third-order valence-corrected chi connectivity index (χ3v) is 5.89. The highest BCUT2D eigenvalue weighted by Gasteiger charge is 2.50. The van der Waals surface area contributed by atoms with Gasteiger partial charge in [-0.2, -0.15) is 0 Å². The topological polar surface area (TPSA) is 39.2 Å². The Kier molecular flexibility index (Phi) is 3.59. The number of methoxy groups -OCH3 is 1. The summed E-state index contributed by atoms with van der Waals surface area (Å²) < 4.78 is 5.25. The summed E-state index contributed by atoms with van der Waals surface area (Å²) in [5, 5.41) is 1.18. The lowest BCUT2D eigenvalue weighted by atomic mass is 9.62. The van der Waals surface area contributed by atoms with E-state index < -0.39 is 0 Å². The molecule has 0 aliphatic heterocycles. The Morgan fingerprint density at radius 3 is 2.96 bits per heavy atom. The second kappa shape index (κ2) is 5.63. The molecule has 2 aromatic rings. The molecule has 0 amide bonds. The van der Waals surface area contributed by atoms with Crippen LogP contribution < -0.4 is 0 Å². The highest BCUT2D eigenvalue weighted by molar-refractivity contribution is 5.82. The summed E-state index contributed by atoms with van der Waals surface area (Å²) in [6.07, 6.45) is 7.32. The molecule has 4 rings (SSSR count). The van der Waals surface area contributed by atoms with Crippen LogP contribution in [0.15, 0.2) is 30.3 Å². The standard InChI is InChI=1S/C20H23NO2/c1-23-19(22)20-11-6-2-3-8-16(20)15-13-14-7-4-5-9-17(14)21-18(15)10-12-20/h4-5,7,9,13,16H,2-3,6,8,10-12H2,1H3/t16-,20-/m1/s1. The summed E-state index contributed by atoms with van der Waals surface area (Å²) >= 11 is 0. The Morgan fingerprint density at radius 1 is 1.22 bits per heavy atom. The van der Waals surface area contributed by atoms with Crippen molar-refractivity contribution in [3.05, 3.63) is 41.6 Å². The fraction of sp³-hybridized carbons (Fsp3) is 0.500. The van der Waals surface area contributed by atoms with E-state index in [1.165, 1.54) is 36.6 Å². The van der Waals surface area contributed by atoms with Crippen molar-refractivity contribution in [2.75, 3.05) is 7.11 Å². The van der Waals surface area contributed by atoms with Crippen LogP contribution in [0.1, 0.15) is 55.7 Å². The number of aromatic nitrogens is 1. The minimum absolute atomic E-state index is 0.0109. The van der Waals surface area contributed by atoms with E-state index >= 15 is 0 Å². The molecule has 0 radical (unpaired) electrons. The van der Waals surface area contributed by atoms with E-state index in [1.54, 1.807) is 0 Å². The lowest BCUT2D eigenvalue weighted by Crippen LogP contribution is -2.41. The van der Waals surface area contributed by atoms with Crippen LogP contribution >= 0.6 is 0 Å². The number of pyridine rings is 1. The van der Waals surface area contributed by atoms with E-state index in [4.69, 9.17) is 9.72 Å². The highest BCUT2D eigenvalue weighted by atomic mass is 16.5. The SMILES string of the molecule is COC(=O)[C@@]12CCCCC[C@@H]1c1cc3ccccc3nc1CC2. The van der Waals surface area contributed by atoms with Gasteiger partial charge in [0.15, 0.2) is 0 Å². The van der Waals surface area contributed by atoms with Gasteiger partial charge in [-0.1, -0.05) is 37.5 Å². The molecule has 0 saturated heterocycles. The van der Waals surface area contributed by atoms with Crippen LogP contribution in [-0.4, -0.2) is 18.1 Å². The van der Waals surface area contributed by atoms with Crippen molar-refractivity contribution >= 4 is 16.9 Å². The van der Waals surface area contributed by atoms with E-state index in [9.17, 15) is 4.79 Å². The van der Waals surface area contributed by atoms with Crippen LogP contribution in [0.2, 0.25) is 0 Å². The van der Waals surface area contributed by atoms with Gasteiger partial charge in [0.05, 0.1) is 18.0 Å². The van der Waals surface area contributed by atoms with E-state index in [0.29, 0.717) is 0 Å². The van der Waals surface area contributed by atoms with Crippen molar-refractivity contribution in [1.82, 2.24) is 4.98 Å². The Balaban J connectivity index is 1.88. The smallest absolute Gasteiger partial charge is 0.312 e. The van der Waals surface area contributed by atoms with E-state index in [0.717, 1.165) is 37.6 Å². The summed E-state index contributed by atoms with van der Waals surface area (Å²) in [6.45, 7) is 0. The van der Waals surface area contributed by atoms with Gasteiger partial charge in [0.25, 0.3) is 0 Å². The molecule has 0 unspecified atom stereocenters. The molecule has 1 aromatic carbocycles. The Hall–Kier alpha value is -1.90. The summed E-state index contributed by atoms with van der Waals surface area (Å²) in [5.74, 6) is 0.251. The lowest BCUT2D eigenvalue weighted by Gasteiger charge is -2.41. The number of nitrogens with zero attached hydrogens (tertiary/aromatic N) is 1. The molecule has 2 aliphatic carbocycles. The molecule has 2 atom stereocenters. The van der Waals surface area contributed by atoms with Crippen LogP contribution in [0.4, 0.5) is 0 Å². The van der Waals surface area contributed by atoms with Crippen LogP contribution in [-0.2, 0) is 16.0 Å². The van der Waals surface area contributed by atoms with Crippen LogP contribution in [0.5, 0.6) is 0 Å². The Labute approximate surface area is 137 Å². The molecule has 1 saturated carbocycles. The average molecular weight is 309 g/mol. The molecule has 0 bridgehead atoms. The van der Waals surface area contributed by atoms with Gasteiger partial charge in [-0.15, -0.1) is 0 Å². The van der Waals surface area contributed by atoms with Crippen LogP contribution in [0.25, 0.3) is 10.9 Å². The Bertz CT molecular complexity index is 754. The molecule has 3 nitrogen and oxygen atoms in total. The minimum atomic E-state index is -0.331. The molecule has 1 aromatic heterocycles. The second-order valence-corrected chi connectivity index (χ2v) is 7.02. The monoisotopic (exact) mass is 309 g/mol. The van der Waals surface area contributed by atoms with Gasteiger partial charge in [0.1, 0.15) is 0 Å². The number of carbonyl (C=O) groups is 1. The number of hydrogen-bond donors (Lipinski definition) is 0. The molecule has 1 heterocycles. The third-order valence-electron chi connectivity index (χ3n) is 5.89. The number of fused-ring (bicyclic) bond motifs is 4. The zero-order chi connectivity index (χ0) is 15.9. The van der Waals surface area contributed by atoms with Crippen molar-refractivity contribution < 1.29 is 9.53 Å². The number of esters is 1. The van der Waals surface area contributed by atoms with E-state index in [2.05, 4.69) is 24.3 Å². The number of ether oxygens (including phenoxy) is 1. The number of aryl methyl sites for hydroxylation is 1. The molecule has 23 heavy (non-hydrogen) atoms. The summed E-state index contributed by atoms with van der Waals surface area (Å²) in [6, 6.07) is 10.6. The largest absolute Gasteiger partial charge is 0.469 e. The Morgan fingerprint density at radius 2 is 2.09 bits per heavy atom. The zero-order valence-electron chi connectivity index (χ0n) is 13.7. The highest BCUT2D eigenvalue weighted by Crippen LogP contribution is 2.53. The second-order valence-electron chi connectivity index (χ2n) is 7.02. The first-order valence-corrected chi connectivity index (χ1v) is 8.71. The number of rotatable bonds is 1. The predicted molar refractivity (Wildman–Crippen MR) is 90.3 cm³/mol. The van der Waals surface area contributed by atoms with Crippen molar-refractivity contribution in [1.29, 1.82) is 0 Å². The quantitative estimate of drug-likeness (QED) is 0.733. The maximum atomic E-state index is 12.7. The minimum Gasteiger partial charge on any atom is -0.469 e. The van der Waals surface area contributed by atoms with Crippen LogP contribution in [0.3, 0.4) is 0 Å². The molecular weight excluding hydrogens is 286 g/mol. The third kappa shape index (κ3) is 2.25. The molecule has 0 N–H and O–H groups in total. The molecule has 0 spiro atoms. The number of benzene rings is 1. The maximum Gasteiger partial charge on any atom is 0.312 e.